The Hall–Kier alpha value is -1.96. The molecule has 0 bridgehead atoms. The van der Waals surface area contributed by atoms with Gasteiger partial charge in [-0.05, 0) is 19.8 Å². The Kier molecular flexibility index (Phi) is 3.62. The summed E-state index contributed by atoms with van der Waals surface area (Å²) in [5.41, 5.74) is 0.586. The number of anilines is 1. The Morgan fingerprint density at radius 2 is 2.29 bits per heavy atom. The number of carbonyl (C=O) groups excluding carboxylic acids is 1. The van der Waals surface area contributed by atoms with Crippen molar-refractivity contribution < 1.29 is 4.79 Å². The fourth-order valence-corrected chi connectivity index (χ4v) is 3.55. The molecular formula is C13H17N5O2S. The molecule has 0 aliphatic carbocycles. The molecular weight excluding hydrogens is 290 g/mol. The van der Waals surface area contributed by atoms with Crippen molar-refractivity contribution >= 4 is 27.3 Å². The topological polar surface area (TPSA) is 79.6 Å². The van der Waals surface area contributed by atoms with Gasteiger partial charge in [0.25, 0.3) is 5.56 Å². The normalized spacial score (nSPS) is 18.2. The summed E-state index contributed by atoms with van der Waals surface area (Å²) in [4.78, 5) is 30.8. The first-order valence-electron chi connectivity index (χ1n) is 7.08. The molecule has 2 aromatic rings. The zero-order valence-electron chi connectivity index (χ0n) is 12.0. The number of fused-ring (bicyclic) bond motifs is 1. The summed E-state index contributed by atoms with van der Waals surface area (Å²) in [5.74, 6) is 0.0191. The minimum Gasteiger partial charge on any atom is -0.354 e. The first-order chi connectivity index (χ1) is 10.1. The maximum Gasteiger partial charge on any atom is 0.275 e. The van der Waals surface area contributed by atoms with Crippen LogP contribution in [0.2, 0.25) is 0 Å². The number of likely N-dealkylation sites (N-methyl/N-ethyl adjacent to an activating group) is 1. The molecule has 0 unspecified atom stereocenters. The molecule has 1 aliphatic heterocycles. The van der Waals surface area contributed by atoms with Gasteiger partial charge in [0.2, 0.25) is 16.0 Å². The van der Waals surface area contributed by atoms with Gasteiger partial charge >= 0.3 is 0 Å². The highest BCUT2D eigenvalue weighted by Gasteiger charge is 2.31. The van der Waals surface area contributed by atoms with Crippen molar-refractivity contribution in [3.8, 4) is 0 Å². The van der Waals surface area contributed by atoms with Crippen molar-refractivity contribution in [2.75, 3.05) is 18.0 Å². The second-order valence-electron chi connectivity index (χ2n) is 4.90. The van der Waals surface area contributed by atoms with Crippen molar-refractivity contribution in [3.05, 3.63) is 22.1 Å². The fourth-order valence-electron chi connectivity index (χ4n) is 2.51. The van der Waals surface area contributed by atoms with Crippen molar-refractivity contribution in [2.24, 2.45) is 0 Å². The van der Waals surface area contributed by atoms with Gasteiger partial charge in [-0.3, -0.25) is 9.59 Å². The Morgan fingerprint density at radius 1 is 1.48 bits per heavy atom. The number of rotatable bonds is 4. The van der Waals surface area contributed by atoms with Gasteiger partial charge in [-0.1, -0.05) is 18.3 Å². The van der Waals surface area contributed by atoms with E-state index in [4.69, 9.17) is 0 Å². The molecule has 1 aliphatic rings. The van der Waals surface area contributed by atoms with E-state index in [0.717, 1.165) is 12.1 Å². The molecule has 3 rings (SSSR count). The zero-order chi connectivity index (χ0) is 15.0. The van der Waals surface area contributed by atoms with Crippen LogP contribution in [0.3, 0.4) is 0 Å². The lowest BCUT2D eigenvalue weighted by Crippen LogP contribution is -2.40. The summed E-state index contributed by atoms with van der Waals surface area (Å²) in [5, 5.41) is 7.84. The van der Waals surface area contributed by atoms with Crippen LogP contribution in [-0.4, -0.2) is 39.6 Å². The van der Waals surface area contributed by atoms with Gasteiger partial charge in [-0.25, -0.2) is 4.98 Å². The van der Waals surface area contributed by atoms with Crippen LogP contribution in [0.4, 0.5) is 5.13 Å². The minimum absolute atomic E-state index is 0.0191. The number of nitrogens with one attached hydrogen (secondary N) is 1. The molecule has 0 spiro atoms. The molecule has 1 atom stereocenters. The molecule has 3 heterocycles. The molecule has 1 N–H and O–H groups in total. The van der Waals surface area contributed by atoms with E-state index in [0.29, 0.717) is 29.6 Å². The van der Waals surface area contributed by atoms with Crippen molar-refractivity contribution in [3.63, 3.8) is 0 Å². The Labute approximate surface area is 125 Å². The van der Waals surface area contributed by atoms with E-state index in [1.54, 1.807) is 0 Å². The van der Waals surface area contributed by atoms with Crippen LogP contribution in [0, 0.1) is 0 Å². The van der Waals surface area contributed by atoms with Crippen LogP contribution in [0.1, 0.15) is 26.0 Å². The average molecular weight is 307 g/mol. The number of aromatic nitrogens is 3. The number of carbonyl (C=O) groups is 1. The summed E-state index contributed by atoms with van der Waals surface area (Å²) in [6, 6.07) is 1.30. The van der Waals surface area contributed by atoms with Gasteiger partial charge in [0.1, 0.15) is 6.04 Å². The number of nitrogens with zero attached hydrogens (tertiary/aromatic N) is 4. The summed E-state index contributed by atoms with van der Waals surface area (Å²) in [6.45, 7) is 5.28. The molecule has 21 heavy (non-hydrogen) atoms. The van der Waals surface area contributed by atoms with Crippen LogP contribution < -0.4 is 15.8 Å². The van der Waals surface area contributed by atoms with Crippen LogP contribution in [0.15, 0.2) is 10.9 Å². The van der Waals surface area contributed by atoms with E-state index in [1.807, 2.05) is 18.7 Å². The first-order valence-corrected chi connectivity index (χ1v) is 7.89. The van der Waals surface area contributed by atoms with Crippen LogP contribution in [0.5, 0.6) is 0 Å². The third-order valence-corrected chi connectivity index (χ3v) is 4.58. The highest BCUT2D eigenvalue weighted by molar-refractivity contribution is 7.20. The Balaban J connectivity index is 2.05. The first kappa shape index (κ1) is 14.0. The highest BCUT2D eigenvalue weighted by Crippen LogP contribution is 2.25. The largest absolute Gasteiger partial charge is 0.354 e. The fraction of sp³-hybridized carbons (Fsp3) is 0.538. The predicted molar refractivity (Wildman–Crippen MR) is 80.9 cm³/mol. The maximum atomic E-state index is 12.0. The second-order valence-corrected chi connectivity index (χ2v) is 5.83. The molecule has 8 heteroatoms. The number of hydrogen-bond donors (Lipinski definition) is 1. The molecule has 0 saturated carbocycles. The molecule has 112 valence electrons. The van der Waals surface area contributed by atoms with E-state index in [9.17, 15) is 9.59 Å². The molecule has 0 aromatic carbocycles. The standard InChI is InChI=1S/C13H17N5O2S/c1-3-8-7-10(19)18-12(15-8)21-13(16-18)17(4-2)9-5-6-14-11(9)20/h7,9H,3-6H2,1-2H3,(H,14,20)/t9-/m1/s1. The smallest absolute Gasteiger partial charge is 0.275 e. The summed E-state index contributed by atoms with van der Waals surface area (Å²) in [7, 11) is 0. The van der Waals surface area contributed by atoms with Crippen molar-refractivity contribution in [1.82, 2.24) is 19.9 Å². The van der Waals surface area contributed by atoms with Crippen LogP contribution in [0.25, 0.3) is 4.96 Å². The number of hydrogen-bond acceptors (Lipinski definition) is 6. The van der Waals surface area contributed by atoms with Gasteiger partial charge in [0, 0.05) is 24.8 Å². The average Bonchev–Trinajstić information content (AvgIpc) is 3.07. The van der Waals surface area contributed by atoms with Gasteiger partial charge < -0.3 is 10.2 Å². The maximum absolute atomic E-state index is 12.0. The van der Waals surface area contributed by atoms with Crippen LogP contribution >= 0.6 is 11.3 Å². The van der Waals surface area contributed by atoms with Crippen molar-refractivity contribution in [1.29, 1.82) is 0 Å². The van der Waals surface area contributed by atoms with E-state index < -0.39 is 0 Å². The van der Waals surface area contributed by atoms with Gasteiger partial charge in [0.05, 0.1) is 0 Å². The highest BCUT2D eigenvalue weighted by atomic mass is 32.1. The lowest BCUT2D eigenvalue weighted by atomic mass is 10.2. The number of aryl methyl sites for hydroxylation is 1. The zero-order valence-corrected chi connectivity index (χ0v) is 12.8. The van der Waals surface area contributed by atoms with Gasteiger partial charge in [-0.2, -0.15) is 4.52 Å². The van der Waals surface area contributed by atoms with Gasteiger partial charge in [-0.15, -0.1) is 5.10 Å². The molecule has 7 nitrogen and oxygen atoms in total. The van der Waals surface area contributed by atoms with Crippen LogP contribution in [-0.2, 0) is 11.2 Å². The monoisotopic (exact) mass is 307 g/mol. The van der Waals surface area contributed by atoms with E-state index in [-0.39, 0.29) is 17.5 Å². The molecule has 1 saturated heterocycles. The molecule has 2 aromatic heterocycles. The molecule has 0 radical (unpaired) electrons. The molecule has 1 fully saturated rings. The second kappa shape index (κ2) is 5.44. The van der Waals surface area contributed by atoms with E-state index >= 15 is 0 Å². The third kappa shape index (κ3) is 2.39. The lowest BCUT2D eigenvalue weighted by molar-refractivity contribution is -0.120. The Bertz CT molecular complexity index is 738. The van der Waals surface area contributed by atoms with Gasteiger partial charge in [0.15, 0.2) is 0 Å². The Morgan fingerprint density at radius 3 is 2.90 bits per heavy atom. The predicted octanol–water partition coefficient (Wildman–Crippen LogP) is 0.428. The third-order valence-electron chi connectivity index (χ3n) is 3.63. The molecule has 1 amide bonds. The number of amides is 1. The summed E-state index contributed by atoms with van der Waals surface area (Å²) >= 11 is 1.35. The van der Waals surface area contributed by atoms with E-state index in [1.165, 1.54) is 21.9 Å². The summed E-state index contributed by atoms with van der Waals surface area (Å²) < 4.78 is 1.31. The van der Waals surface area contributed by atoms with Crippen molar-refractivity contribution in [2.45, 2.75) is 32.7 Å². The quantitative estimate of drug-likeness (QED) is 0.886. The summed E-state index contributed by atoms with van der Waals surface area (Å²) in [6.07, 6.45) is 1.46. The lowest BCUT2D eigenvalue weighted by Gasteiger charge is -2.24. The van der Waals surface area contributed by atoms with E-state index in [2.05, 4.69) is 15.4 Å². The minimum atomic E-state index is -0.211. The SMILES string of the molecule is CCc1cc(=O)n2nc(N(CC)[C@@H]3CCNC3=O)sc2n1.